The molecule has 1 aromatic heterocycles. The molecule has 0 saturated heterocycles. The molecular weight excluding hydrogens is 290 g/mol. The third-order valence-electron chi connectivity index (χ3n) is 2.62. The molecule has 0 aliphatic carbocycles. The van der Waals surface area contributed by atoms with Gasteiger partial charge < -0.3 is 14.2 Å². The molecule has 0 spiro atoms. The van der Waals surface area contributed by atoms with Gasteiger partial charge in [0.15, 0.2) is 0 Å². The minimum absolute atomic E-state index is 0.0946. The summed E-state index contributed by atoms with van der Waals surface area (Å²) in [6.07, 6.45) is 3.97. The molecule has 1 rings (SSSR count). The Morgan fingerprint density at radius 3 is 2.50 bits per heavy atom. The molecular formula is C15H17NO6. The van der Waals surface area contributed by atoms with Crippen LogP contribution in [0.3, 0.4) is 0 Å². The first-order chi connectivity index (χ1) is 10.5. The highest BCUT2D eigenvalue weighted by Gasteiger charge is 2.15. The first kappa shape index (κ1) is 17.4. The molecule has 0 fully saturated rings. The molecule has 0 unspecified atom stereocenters. The average Bonchev–Trinajstić information content (AvgIpc) is 2.53. The largest absolute Gasteiger partial charge is 0.469 e. The Morgan fingerprint density at radius 1 is 1.18 bits per heavy atom. The van der Waals surface area contributed by atoms with E-state index in [0.717, 1.165) is 0 Å². The summed E-state index contributed by atoms with van der Waals surface area (Å²) in [5, 5.41) is 0. The Morgan fingerprint density at radius 2 is 1.91 bits per heavy atom. The van der Waals surface area contributed by atoms with Crippen molar-refractivity contribution in [2.75, 3.05) is 20.8 Å². The Labute approximate surface area is 127 Å². The number of carbonyl (C=O) groups excluding carboxylic acids is 3. The number of pyridine rings is 1. The van der Waals surface area contributed by atoms with Crippen LogP contribution in [0.2, 0.25) is 0 Å². The van der Waals surface area contributed by atoms with Crippen LogP contribution in [0.5, 0.6) is 0 Å². The van der Waals surface area contributed by atoms with Gasteiger partial charge in [-0.2, -0.15) is 0 Å². The first-order valence-electron chi connectivity index (χ1n) is 6.49. The highest BCUT2D eigenvalue weighted by atomic mass is 16.5. The van der Waals surface area contributed by atoms with Gasteiger partial charge in [-0.3, -0.25) is 9.78 Å². The zero-order valence-electron chi connectivity index (χ0n) is 12.6. The molecule has 7 nitrogen and oxygen atoms in total. The number of hydrogen-bond acceptors (Lipinski definition) is 7. The standard InChI is InChI=1S/C15H17NO6/c1-4-22-15(19)12-6-10(8-16-9-12)5-11(14(18)21-3)7-13(17)20-2/h5-6,8-9H,4,7H2,1-3H3/b11-5+. The minimum Gasteiger partial charge on any atom is -0.469 e. The molecule has 118 valence electrons. The summed E-state index contributed by atoms with van der Waals surface area (Å²) in [4.78, 5) is 38.6. The second kappa shape index (κ2) is 8.56. The van der Waals surface area contributed by atoms with Crippen molar-refractivity contribution in [3.05, 3.63) is 35.2 Å². The third-order valence-corrected chi connectivity index (χ3v) is 2.62. The average molecular weight is 307 g/mol. The van der Waals surface area contributed by atoms with Crippen LogP contribution in [-0.4, -0.2) is 43.7 Å². The lowest BCUT2D eigenvalue weighted by Crippen LogP contribution is -2.11. The second-order valence-corrected chi connectivity index (χ2v) is 4.14. The Hall–Kier alpha value is -2.70. The summed E-state index contributed by atoms with van der Waals surface area (Å²) in [5.74, 6) is -1.75. The van der Waals surface area contributed by atoms with E-state index in [-0.39, 0.29) is 24.2 Å². The molecule has 0 radical (unpaired) electrons. The monoisotopic (exact) mass is 307 g/mol. The summed E-state index contributed by atoms with van der Waals surface area (Å²) in [7, 11) is 2.43. The summed E-state index contributed by atoms with van der Waals surface area (Å²) in [6, 6.07) is 1.51. The molecule has 7 heteroatoms. The normalized spacial score (nSPS) is 10.8. The van der Waals surface area contributed by atoms with Crippen molar-refractivity contribution in [2.24, 2.45) is 0 Å². The highest BCUT2D eigenvalue weighted by Crippen LogP contribution is 2.13. The second-order valence-electron chi connectivity index (χ2n) is 4.14. The third kappa shape index (κ3) is 5.01. The van der Waals surface area contributed by atoms with Crippen LogP contribution in [-0.2, 0) is 23.8 Å². The number of methoxy groups -OCH3 is 2. The van der Waals surface area contributed by atoms with Crippen molar-refractivity contribution in [3.8, 4) is 0 Å². The van der Waals surface area contributed by atoms with Crippen LogP contribution >= 0.6 is 0 Å². The summed E-state index contributed by atoms with van der Waals surface area (Å²) >= 11 is 0. The van der Waals surface area contributed by atoms with Crippen LogP contribution in [0.25, 0.3) is 6.08 Å². The number of esters is 3. The van der Waals surface area contributed by atoms with Crippen molar-refractivity contribution in [3.63, 3.8) is 0 Å². The molecule has 0 N–H and O–H groups in total. The number of hydrogen-bond donors (Lipinski definition) is 0. The van der Waals surface area contributed by atoms with Gasteiger partial charge in [0.1, 0.15) is 0 Å². The molecule has 0 aliphatic heterocycles. The lowest BCUT2D eigenvalue weighted by atomic mass is 10.1. The van der Waals surface area contributed by atoms with Gasteiger partial charge in [-0.1, -0.05) is 0 Å². The Kier molecular flexibility index (Phi) is 6.75. The number of rotatable bonds is 6. The topological polar surface area (TPSA) is 91.8 Å². The predicted octanol–water partition coefficient (Wildman–Crippen LogP) is 1.38. The van der Waals surface area contributed by atoms with E-state index in [9.17, 15) is 14.4 Å². The lowest BCUT2D eigenvalue weighted by molar-refractivity contribution is -0.143. The van der Waals surface area contributed by atoms with E-state index in [1.807, 2.05) is 0 Å². The SMILES string of the molecule is CCOC(=O)c1cncc(/C=C(\CC(=O)OC)C(=O)OC)c1. The maximum atomic E-state index is 11.7. The van der Waals surface area contributed by atoms with Gasteiger partial charge >= 0.3 is 17.9 Å². The van der Waals surface area contributed by atoms with Crippen LogP contribution in [0.4, 0.5) is 0 Å². The molecule has 0 saturated carbocycles. The van der Waals surface area contributed by atoms with Gasteiger partial charge in [-0.05, 0) is 24.6 Å². The van der Waals surface area contributed by atoms with Crippen LogP contribution in [0, 0.1) is 0 Å². The highest BCUT2D eigenvalue weighted by molar-refractivity contribution is 5.98. The molecule has 0 aliphatic rings. The smallest absolute Gasteiger partial charge is 0.339 e. The van der Waals surface area contributed by atoms with Crippen LogP contribution in [0.1, 0.15) is 29.3 Å². The molecule has 0 amide bonds. The van der Waals surface area contributed by atoms with Crippen molar-refractivity contribution in [1.29, 1.82) is 0 Å². The van der Waals surface area contributed by atoms with Gasteiger partial charge in [-0.15, -0.1) is 0 Å². The molecule has 0 atom stereocenters. The van der Waals surface area contributed by atoms with Crippen molar-refractivity contribution >= 4 is 24.0 Å². The maximum absolute atomic E-state index is 11.7. The maximum Gasteiger partial charge on any atom is 0.339 e. The molecule has 1 aromatic rings. The van der Waals surface area contributed by atoms with E-state index in [0.29, 0.717) is 5.56 Å². The number of carbonyl (C=O) groups is 3. The molecule has 0 bridgehead atoms. The van der Waals surface area contributed by atoms with Crippen LogP contribution in [0.15, 0.2) is 24.0 Å². The predicted molar refractivity (Wildman–Crippen MR) is 76.8 cm³/mol. The molecule has 1 heterocycles. The fourth-order valence-corrected chi connectivity index (χ4v) is 1.60. The number of aromatic nitrogens is 1. The van der Waals surface area contributed by atoms with E-state index < -0.39 is 17.9 Å². The summed E-state index contributed by atoms with van der Waals surface area (Å²) < 4.78 is 14.0. The summed E-state index contributed by atoms with van der Waals surface area (Å²) in [6.45, 7) is 1.94. The summed E-state index contributed by atoms with van der Waals surface area (Å²) in [5.41, 5.74) is 0.810. The minimum atomic E-state index is -0.660. The van der Waals surface area contributed by atoms with Gasteiger partial charge in [0, 0.05) is 18.0 Å². The fourth-order valence-electron chi connectivity index (χ4n) is 1.60. The van der Waals surface area contributed by atoms with Gasteiger partial charge in [0.2, 0.25) is 0 Å². The number of ether oxygens (including phenoxy) is 3. The van der Waals surface area contributed by atoms with E-state index in [4.69, 9.17) is 4.74 Å². The van der Waals surface area contributed by atoms with E-state index in [1.54, 1.807) is 6.92 Å². The van der Waals surface area contributed by atoms with Crippen molar-refractivity contribution < 1.29 is 28.6 Å². The van der Waals surface area contributed by atoms with Gasteiger partial charge in [0.05, 0.1) is 32.8 Å². The molecule has 22 heavy (non-hydrogen) atoms. The zero-order chi connectivity index (χ0) is 16.5. The van der Waals surface area contributed by atoms with Crippen molar-refractivity contribution in [1.82, 2.24) is 4.98 Å². The van der Waals surface area contributed by atoms with E-state index >= 15 is 0 Å². The Bertz CT molecular complexity index is 593. The Balaban J connectivity index is 3.09. The quantitative estimate of drug-likeness (QED) is 0.445. The van der Waals surface area contributed by atoms with E-state index in [1.165, 1.54) is 38.8 Å². The van der Waals surface area contributed by atoms with Gasteiger partial charge in [0.25, 0.3) is 0 Å². The van der Waals surface area contributed by atoms with E-state index in [2.05, 4.69) is 14.5 Å². The van der Waals surface area contributed by atoms with Crippen LogP contribution < -0.4 is 0 Å². The lowest BCUT2D eigenvalue weighted by Gasteiger charge is -2.05. The molecule has 0 aromatic carbocycles. The fraction of sp³-hybridized carbons (Fsp3) is 0.333. The zero-order valence-corrected chi connectivity index (χ0v) is 12.6. The number of nitrogens with zero attached hydrogens (tertiary/aromatic N) is 1. The van der Waals surface area contributed by atoms with Crippen molar-refractivity contribution in [2.45, 2.75) is 13.3 Å². The first-order valence-corrected chi connectivity index (χ1v) is 6.49. The van der Waals surface area contributed by atoms with Gasteiger partial charge in [-0.25, -0.2) is 9.59 Å².